The number of hydrogen-bond acceptors (Lipinski definition) is 0. The molecule has 0 saturated heterocycles. The molecule has 0 aromatic carbocycles. The number of allylic oxidation sites excluding steroid dienone is 12. The topological polar surface area (TPSA) is 0 Å². The van der Waals surface area contributed by atoms with Crippen molar-refractivity contribution in [2.75, 3.05) is 0 Å². The molecule has 78 valence electrons. The average molecular weight is 310 g/mol. The van der Waals surface area contributed by atoms with Crippen molar-refractivity contribution in [1.82, 2.24) is 0 Å². The Bertz CT molecular complexity index is 398. The summed E-state index contributed by atoms with van der Waals surface area (Å²) in [7, 11) is 0. The predicted octanol–water partition coefficient (Wildman–Crippen LogP) is 3.76. The predicted molar refractivity (Wildman–Crippen MR) is 71.3 cm³/mol. The molecule has 0 fully saturated rings. The van der Waals surface area contributed by atoms with Crippen molar-refractivity contribution < 1.29 is 0 Å². The van der Waals surface area contributed by atoms with Gasteiger partial charge in [-0.1, -0.05) is 0 Å². The van der Waals surface area contributed by atoms with Gasteiger partial charge in [-0.3, -0.25) is 0 Å². The van der Waals surface area contributed by atoms with Gasteiger partial charge in [0, 0.05) is 0 Å². The molecule has 0 amide bonds. The zero-order valence-corrected chi connectivity index (χ0v) is 12.7. The summed E-state index contributed by atoms with van der Waals surface area (Å²) in [5.41, 5.74) is 0. The number of hydrogen-bond donors (Lipinski definition) is 0. The summed E-state index contributed by atoms with van der Waals surface area (Å²) in [6.45, 7) is 0. The Morgan fingerprint density at radius 3 is 1.25 bits per heavy atom. The fourth-order valence-electron chi connectivity index (χ4n) is 2.75. The van der Waals surface area contributed by atoms with Crippen molar-refractivity contribution in [3.8, 4) is 0 Å². The third-order valence-electron chi connectivity index (χ3n) is 3.51. The summed E-state index contributed by atoms with van der Waals surface area (Å²) in [6, 6.07) is 0. The second-order valence-corrected chi connectivity index (χ2v) is 13.4. The van der Waals surface area contributed by atoms with E-state index in [1.54, 1.807) is 9.99 Å². The standard InChI is InChI=1S/3C5H5.In/c3*1-2-4-5-3-1;/h3*1-3H,4H2;. The molecule has 0 unspecified atom stereocenters. The third kappa shape index (κ3) is 1.93. The molecule has 3 rings (SSSR count). The molecule has 0 saturated carbocycles. The van der Waals surface area contributed by atoms with Gasteiger partial charge in [0.25, 0.3) is 0 Å². The first-order valence-corrected chi connectivity index (χ1v) is 11.0. The van der Waals surface area contributed by atoms with E-state index < -0.39 is 21.4 Å². The van der Waals surface area contributed by atoms with Gasteiger partial charge in [-0.2, -0.15) is 0 Å². The van der Waals surface area contributed by atoms with E-state index in [0.29, 0.717) is 0 Å². The van der Waals surface area contributed by atoms with Crippen LogP contribution in [0, 0.1) is 0 Å². The first kappa shape index (κ1) is 10.5. The fourth-order valence-corrected chi connectivity index (χ4v) is 12.6. The minimum atomic E-state index is -1.79. The molecule has 0 N–H and O–H groups in total. The van der Waals surface area contributed by atoms with Crippen molar-refractivity contribution in [1.29, 1.82) is 0 Å². The molecule has 0 radical (unpaired) electrons. The maximum absolute atomic E-state index is 2.39. The Morgan fingerprint density at radius 1 is 0.625 bits per heavy atom. The molecular weight excluding hydrogens is 295 g/mol. The molecule has 0 aromatic heterocycles. The average Bonchev–Trinajstić information content (AvgIpc) is 3.02. The minimum absolute atomic E-state index is 1.22. The molecule has 3 aliphatic rings. The monoisotopic (exact) mass is 310 g/mol. The zero-order chi connectivity index (χ0) is 10.8. The summed E-state index contributed by atoms with van der Waals surface area (Å²) >= 11 is -1.79. The summed E-state index contributed by atoms with van der Waals surface area (Å²) in [6.07, 6.45) is 24.5. The van der Waals surface area contributed by atoms with E-state index in [4.69, 9.17) is 0 Å². The molecule has 0 heterocycles. The maximum atomic E-state index is 2.39. The van der Waals surface area contributed by atoms with Gasteiger partial charge < -0.3 is 0 Å². The van der Waals surface area contributed by atoms with E-state index in [1.165, 1.54) is 19.3 Å². The van der Waals surface area contributed by atoms with E-state index in [-0.39, 0.29) is 0 Å². The summed E-state index contributed by atoms with van der Waals surface area (Å²) < 4.78 is 5.31. The van der Waals surface area contributed by atoms with Gasteiger partial charge in [0.05, 0.1) is 0 Å². The van der Waals surface area contributed by atoms with Gasteiger partial charge in [-0.25, -0.2) is 0 Å². The molecule has 0 spiro atoms. The third-order valence-corrected chi connectivity index (χ3v) is 13.5. The molecule has 0 atom stereocenters. The van der Waals surface area contributed by atoms with Crippen molar-refractivity contribution >= 4 is 21.4 Å². The summed E-state index contributed by atoms with van der Waals surface area (Å²) in [5, 5.41) is 0. The Kier molecular flexibility index (Phi) is 3.05. The summed E-state index contributed by atoms with van der Waals surface area (Å²) in [5.74, 6) is 0. The molecule has 0 aliphatic heterocycles. The van der Waals surface area contributed by atoms with E-state index in [1.807, 2.05) is 0 Å². The van der Waals surface area contributed by atoms with Crippen LogP contribution in [0.4, 0.5) is 0 Å². The van der Waals surface area contributed by atoms with E-state index in [0.717, 1.165) is 0 Å². The second-order valence-electron chi connectivity index (χ2n) is 4.55. The van der Waals surface area contributed by atoms with Crippen LogP contribution in [0.1, 0.15) is 19.3 Å². The molecule has 3 aliphatic carbocycles. The SMILES string of the molecule is C1=CC[C]([In]([C]2=CC=CC2)[C]2=CC=CC2)=C1. The number of rotatable bonds is 3. The zero-order valence-electron chi connectivity index (χ0n) is 9.39. The van der Waals surface area contributed by atoms with Crippen LogP contribution in [0.15, 0.2) is 64.7 Å². The molecule has 0 aromatic rings. The first-order chi connectivity index (χ1) is 7.95. The van der Waals surface area contributed by atoms with E-state index >= 15 is 0 Å². The van der Waals surface area contributed by atoms with Crippen LogP contribution in [0.25, 0.3) is 0 Å². The summed E-state index contributed by atoms with van der Waals surface area (Å²) in [4.78, 5) is 0. The van der Waals surface area contributed by atoms with Crippen molar-refractivity contribution in [3.63, 3.8) is 0 Å². The Morgan fingerprint density at radius 2 is 1.00 bits per heavy atom. The molecule has 0 bridgehead atoms. The van der Waals surface area contributed by atoms with Crippen molar-refractivity contribution in [2.45, 2.75) is 19.3 Å². The van der Waals surface area contributed by atoms with Gasteiger partial charge >= 0.3 is 105 Å². The Balaban J connectivity index is 1.89. The van der Waals surface area contributed by atoms with E-state index in [9.17, 15) is 0 Å². The van der Waals surface area contributed by atoms with Crippen molar-refractivity contribution in [3.05, 3.63) is 64.7 Å². The van der Waals surface area contributed by atoms with Crippen molar-refractivity contribution in [2.24, 2.45) is 0 Å². The quantitative estimate of drug-likeness (QED) is 0.744. The van der Waals surface area contributed by atoms with Crippen LogP contribution in [0.3, 0.4) is 0 Å². The van der Waals surface area contributed by atoms with Gasteiger partial charge in [0.1, 0.15) is 0 Å². The van der Waals surface area contributed by atoms with Crippen LogP contribution in [-0.4, -0.2) is 21.4 Å². The van der Waals surface area contributed by atoms with Crippen LogP contribution < -0.4 is 0 Å². The van der Waals surface area contributed by atoms with Gasteiger partial charge in [0.15, 0.2) is 0 Å². The van der Waals surface area contributed by atoms with Gasteiger partial charge in [-0.15, -0.1) is 0 Å². The molecular formula is C15H15In. The Hall–Kier alpha value is -0.690. The van der Waals surface area contributed by atoms with Crippen LogP contribution >= 0.6 is 0 Å². The van der Waals surface area contributed by atoms with Crippen LogP contribution in [0.2, 0.25) is 0 Å². The van der Waals surface area contributed by atoms with Gasteiger partial charge in [-0.05, 0) is 0 Å². The van der Waals surface area contributed by atoms with Gasteiger partial charge in [0.2, 0.25) is 0 Å². The first-order valence-electron chi connectivity index (χ1n) is 6.02. The fraction of sp³-hybridized carbons (Fsp3) is 0.200. The van der Waals surface area contributed by atoms with E-state index in [2.05, 4.69) is 54.7 Å². The molecule has 0 nitrogen and oxygen atoms in total. The van der Waals surface area contributed by atoms with Crippen LogP contribution in [-0.2, 0) is 0 Å². The normalized spacial score (nSPS) is 21.4. The Labute approximate surface area is 105 Å². The molecule has 16 heavy (non-hydrogen) atoms. The molecule has 1 heteroatoms. The van der Waals surface area contributed by atoms with Crippen LogP contribution in [0.5, 0.6) is 0 Å². The second kappa shape index (κ2) is 4.67.